The van der Waals surface area contributed by atoms with Crippen LogP contribution in [0, 0.1) is 18.3 Å². The van der Waals surface area contributed by atoms with Crippen LogP contribution in [-0.4, -0.2) is 43.5 Å². The van der Waals surface area contributed by atoms with Crippen LogP contribution in [-0.2, 0) is 9.47 Å². The van der Waals surface area contributed by atoms with Crippen LogP contribution >= 0.6 is 0 Å². The maximum atomic E-state index is 9.11. The average molecular weight is 315 g/mol. The first kappa shape index (κ1) is 16.2. The van der Waals surface area contributed by atoms with Crippen molar-refractivity contribution in [2.75, 3.05) is 31.2 Å². The van der Waals surface area contributed by atoms with Gasteiger partial charge < -0.3 is 14.4 Å². The van der Waals surface area contributed by atoms with Gasteiger partial charge in [-0.3, -0.25) is 0 Å². The summed E-state index contributed by atoms with van der Waals surface area (Å²) in [4.78, 5) is 6.71. The predicted molar refractivity (Wildman–Crippen MR) is 88.5 cm³/mol. The van der Waals surface area contributed by atoms with Gasteiger partial charge in [-0.25, -0.2) is 4.98 Å². The first-order chi connectivity index (χ1) is 11.3. The van der Waals surface area contributed by atoms with Gasteiger partial charge in [0.2, 0.25) is 0 Å². The van der Waals surface area contributed by atoms with Gasteiger partial charge in [0.15, 0.2) is 0 Å². The van der Waals surface area contributed by atoms with Crippen molar-refractivity contribution >= 4 is 5.82 Å². The molecule has 0 amide bonds. The standard InChI is InChI=1S/C18H25N3O2/c1-14-5-6-18(20-17(14)12-19)21-9-7-15(8-10-21)23-13-16-4-2-3-11-22-16/h5-6,15-16H,2-4,7-11,13H2,1H3. The second-order valence-electron chi connectivity index (χ2n) is 6.46. The zero-order valence-corrected chi connectivity index (χ0v) is 13.8. The zero-order valence-electron chi connectivity index (χ0n) is 13.8. The molecular weight excluding hydrogens is 290 g/mol. The minimum atomic E-state index is 0.290. The highest BCUT2D eigenvalue weighted by Crippen LogP contribution is 2.22. The molecule has 3 rings (SSSR count). The van der Waals surface area contributed by atoms with Crippen molar-refractivity contribution in [3.05, 3.63) is 23.4 Å². The third-order valence-corrected chi connectivity index (χ3v) is 4.75. The van der Waals surface area contributed by atoms with Gasteiger partial charge in [-0.15, -0.1) is 0 Å². The third-order valence-electron chi connectivity index (χ3n) is 4.75. The van der Waals surface area contributed by atoms with Gasteiger partial charge in [0, 0.05) is 19.7 Å². The molecule has 1 aromatic heterocycles. The van der Waals surface area contributed by atoms with Gasteiger partial charge in [-0.1, -0.05) is 6.07 Å². The molecule has 0 spiro atoms. The van der Waals surface area contributed by atoms with Crippen molar-refractivity contribution < 1.29 is 9.47 Å². The summed E-state index contributed by atoms with van der Waals surface area (Å²) >= 11 is 0. The van der Waals surface area contributed by atoms with E-state index in [1.54, 1.807) is 0 Å². The number of hydrogen-bond donors (Lipinski definition) is 0. The molecule has 2 fully saturated rings. The predicted octanol–water partition coefficient (Wildman–Crippen LogP) is 2.82. The van der Waals surface area contributed by atoms with Crippen molar-refractivity contribution in [3.63, 3.8) is 0 Å². The first-order valence-electron chi connectivity index (χ1n) is 8.62. The number of aromatic nitrogens is 1. The summed E-state index contributed by atoms with van der Waals surface area (Å²) in [6.45, 7) is 5.38. The van der Waals surface area contributed by atoms with Gasteiger partial charge in [0.1, 0.15) is 17.6 Å². The van der Waals surface area contributed by atoms with E-state index >= 15 is 0 Å². The largest absolute Gasteiger partial charge is 0.376 e. The molecule has 1 atom stereocenters. The molecule has 1 unspecified atom stereocenters. The summed E-state index contributed by atoms with van der Waals surface area (Å²) in [6, 6.07) is 6.15. The molecule has 124 valence electrons. The lowest BCUT2D eigenvalue weighted by Gasteiger charge is -2.34. The Morgan fingerprint density at radius 1 is 1.30 bits per heavy atom. The molecule has 0 N–H and O–H groups in total. The lowest BCUT2D eigenvalue weighted by molar-refractivity contribution is -0.0672. The Morgan fingerprint density at radius 3 is 2.83 bits per heavy atom. The Balaban J connectivity index is 1.47. The van der Waals surface area contributed by atoms with Crippen molar-refractivity contribution in [3.8, 4) is 6.07 Å². The zero-order chi connectivity index (χ0) is 16.1. The molecule has 0 radical (unpaired) electrons. The molecule has 23 heavy (non-hydrogen) atoms. The highest BCUT2D eigenvalue weighted by atomic mass is 16.5. The van der Waals surface area contributed by atoms with Crippen LogP contribution in [0.25, 0.3) is 0 Å². The fraction of sp³-hybridized carbons (Fsp3) is 0.667. The number of ether oxygens (including phenoxy) is 2. The number of nitriles is 1. The van der Waals surface area contributed by atoms with Crippen LogP contribution in [0.15, 0.2) is 12.1 Å². The summed E-state index contributed by atoms with van der Waals surface area (Å²) < 4.78 is 11.8. The van der Waals surface area contributed by atoms with Gasteiger partial charge in [-0.05, 0) is 50.7 Å². The van der Waals surface area contributed by atoms with Crippen molar-refractivity contribution in [1.29, 1.82) is 5.26 Å². The Morgan fingerprint density at radius 2 is 2.13 bits per heavy atom. The maximum absolute atomic E-state index is 9.11. The summed E-state index contributed by atoms with van der Waals surface area (Å²) in [6.07, 6.45) is 6.18. The van der Waals surface area contributed by atoms with Crippen LogP contribution in [0.3, 0.4) is 0 Å². The highest BCUT2D eigenvalue weighted by molar-refractivity contribution is 5.45. The first-order valence-corrected chi connectivity index (χ1v) is 8.62. The van der Waals surface area contributed by atoms with Crippen molar-refractivity contribution in [1.82, 2.24) is 4.98 Å². The summed E-state index contributed by atoms with van der Waals surface area (Å²) in [5, 5.41) is 9.11. The molecular formula is C18H25N3O2. The van der Waals surface area contributed by atoms with Crippen LogP contribution in [0.5, 0.6) is 0 Å². The number of rotatable bonds is 4. The molecule has 5 nitrogen and oxygen atoms in total. The molecule has 0 bridgehead atoms. The lowest BCUT2D eigenvalue weighted by atomic mass is 10.1. The molecule has 5 heteroatoms. The fourth-order valence-electron chi connectivity index (χ4n) is 3.24. The lowest BCUT2D eigenvalue weighted by Crippen LogP contribution is -2.39. The van der Waals surface area contributed by atoms with Crippen molar-refractivity contribution in [2.24, 2.45) is 0 Å². The Bertz CT molecular complexity index is 556. The van der Waals surface area contributed by atoms with E-state index in [1.165, 1.54) is 12.8 Å². The van der Waals surface area contributed by atoms with Gasteiger partial charge in [0.25, 0.3) is 0 Å². The SMILES string of the molecule is Cc1ccc(N2CCC(OCC3CCCCO3)CC2)nc1C#N. The van der Waals surface area contributed by atoms with E-state index in [0.29, 0.717) is 17.9 Å². The second-order valence-corrected chi connectivity index (χ2v) is 6.46. The molecule has 0 saturated carbocycles. The van der Waals surface area contributed by atoms with E-state index in [2.05, 4.69) is 16.0 Å². The summed E-state index contributed by atoms with van der Waals surface area (Å²) in [5.74, 6) is 0.904. The highest BCUT2D eigenvalue weighted by Gasteiger charge is 2.23. The summed E-state index contributed by atoms with van der Waals surface area (Å²) in [5.41, 5.74) is 1.46. The monoisotopic (exact) mass is 315 g/mol. The summed E-state index contributed by atoms with van der Waals surface area (Å²) in [7, 11) is 0. The number of nitrogens with zero attached hydrogens (tertiary/aromatic N) is 3. The van der Waals surface area contributed by atoms with Crippen molar-refractivity contribution in [2.45, 2.75) is 51.2 Å². The second kappa shape index (κ2) is 7.76. The smallest absolute Gasteiger partial charge is 0.145 e. The third kappa shape index (κ3) is 4.21. The van der Waals surface area contributed by atoms with Crippen LogP contribution < -0.4 is 4.90 Å². The quantitative estimate of drug-likeness (QED) is 0.855. The average Bonchev–Trinajstić information content (AvgIpc) is 2.62. The van der Waals surface area contributed by atoms with E-state index in [9.17, 15) is 0 Å². The Labute approximate surface area is 138 Å². The minimum Gasteiger partial charge on any atom is -0.376 e. The number of anilines is 1. The topological polar surface area (TPSA) is 58.4 Å². The molecule has 0 aromatic carbocycles. The van der Waals surface area contributed by atoms with Gasteiger partial charge in [-0.2, -0.15) is 5.26 Å². The van der Waals surface area contributed by atoms with Gasteiger partial charge >= 0.3 is 0 Å². The molecule has 3 heterocycles. The normalized spacial score (nSPS) is 22.8. The number of piperidine rings is 1. The van der Waals surface area contributed by atoms with Crippen LogP contribution in [0.1, 0.15) is 43.4 Å². The van der Waals surface area contributed by atoms with E-state index in [1.807, 2.05) is 19.1 Å². The van der Waals surface area contributed by atoms with Gasteiger partial charge in [0.05, 0.1) is 18.8 Å². The molecule has 2 aliphatic heterocycles. The van der Waals surface area contributed by atoms with E-state index < -0.39 is 0 Å². The number of hydrogen-bond acceptors (Lipinski definition) is 5. The maximum Gasteiger partial charge on any atom is 0.145 e. The van der Waals surface area contributed by atoms with E-state index in [0.717, 1.165) is 56.9 Å². The van der Waals surface area contributed by atoms with Crippen LogP contribution in [0.4, 0.5) is 5.82 Å². The number of pyridine rings is 1. The number of aryl methyl sites for hydroxylation is 1. The van der Waals surface area contributed by atoms with Crippen LogP contribution in [0.2, 0.25) is 0 Å². The molecule has 2 saturated heterocycles. The van der Waals surface area contributed by atoms with E-state index in [-0.39, 0.29) is 0 Å². The molecule has 0 aliphatic carbocycles. The molecule has 1 aromatic rings. The Hall–Kier alpha value is -1.64. The Kier molecular flexibility index (Phi) is 5.47. The molecule has 2 aliphatic rings. The fourth-order valence-corrected chi connectivity index (χ4v) is 3.24. The van der Waals surface area contributed by atoms with E-state index in [4.69, 9.17) is 14.7 Å². The minimum absolute atomic E-state index is 0.290.